The molecule has 3 nitrogen and oxygen atoms in total. The third kappa shape index (κ3) is 2.08. The maximum atomic E-state index is 10.7. The second-order valence-electron chi connectivity index (χ2n) is 4.67. The van der Waals surface area contributed by atoms with Crippen molar-refractivity contribution in [1.82, 2.24) is 5.32 Å². The van der Waals surface area contributed by atoms with E-state index in [1.807, 2.05) is 0 Å². The zero-order valence-electron chi connectivity index (χ0n) is 8.54. The summed E-state index contributed by atoms with van der Waals surface area (Å²) in [5.41, 5.74) is 0. The predicted molar refractivity (Wildman–Crippen MR) is 54.1 cm³/mol. The van der Waals surface area contributed by atoms with E-state index < -0.39 is 5.97 Å². The molecule has 0 bridgehead atoms. The van der Waals surface area contributed by atoms with E-state index in [1.165, 1.54) is 25.7 Å². The molecule has 0 radical (unpaired) electrons. The Hall–Kier alpha value is -0.570. The first-order valence-corrected chi connectivity index (χ1v) is 5.72. The Labute approximate surface area is 84.9 Å². The molecule has 0 amide bonds. The molecule has 3 heteroatoms. The van der Waals surface area contributed by atoms with E-state index in [4.69, 9.17) is 5.11 Å². The molecule has 1 aliphatic carbocycles. The Morgan fingerprint density at radius 2 is 2.00 bits per heavy atom. The van der Waals surface area contributed by atoms with E-state index in [9.17, 15) is 4.79 Å². The zero-order chi connectivity index (χ0) is 9.97. The second kappa shape index (κ2) is 4.30. The topological polar surface area (TPSA) is 49.3 Å². The minimum absolute atomic E-state index is 0.355. The molecule has 1 saturated heterocycles. The Morgan fingerprint density at radius 3 is 2.64 bits per heavy atom. The molecule has 0 aromatic rings. The normalized spacial score (nSPS) is 33.7. The standard InChI is InChI=1S/C11H19NO2/c13-10(14)7-9-5-6-12-11(9)8-3-1-2-4-8/h8-9,11-12H,1-7H2,(H,13,14). The summed E-state index contributed by atoms with van der Waals surface area (Å²) in [4.78, 5) is 10.7. The van der Waals surface area contributed by atoms with Crippen molar-refractivity contribution in [2.24, 2.45) is 11.8 Å². The highest BCUT2D eigenvalue weighted by Gasteiger charge is 2.35. The molecule has 2 rings (SSSR count). The van der Waals surface area contributed by atoms with Gasteiger partial charge in [0.25, 0.3) is 0 Å². The fraction of sp³-hybridized carbons (Fsp3) is 0.909. The number of rotatable bonds is 3. The Bertz CT molecular complexity index is 211. The highest BCUT2D eigenvalue weighted by molar-refractivity contribution is 5.67. The number of carboxylic acids is 1. The smallest absolute Gasteiger partial charge is 0.303 e. The van der Waals surface area contributed by atoms with Crippen LogP contribution in [0.15, 0.2) is 0 Å². The number of aliphatic carboxylic acids is 1. The van der Waals surface area contributed by atoms with Crippen LogP contribution in [-0.4, -0.2) is 23.7 Å². The fourth-order valence-electron chi connectivity index (χ4n) is 3.10. The van der Waals surface area contributed by atoms with Gasteiger partial charge in [-0.3, -0.25) is 4.79 Å². The number of hydrogen-bond donors (Lipinski definition) is 2. The van der Waals surface area contributed by atoms with Gasteiger partial charge in [-0.25, -0.2) is 0 Å². The largest absolute Gasteiger partial charge is 0.481 e. The monoisotopic (exact) mass is 197 g/mol. The highest BCUT2D eigenvalue weighted by atomic mass is 16.4. The van der Waals surface area contributed by atoms with Gasteiger partial charge < -0.3 is 10.4 Å². The summed E-state index contributed by atoms with van der Waals surface area (Å²) in [5, 5.41) is 12.3. The molecule has 1 saturated carbocycles. The summed E-state index contributed by atoms with van der Waals surface area (Å²) in [6, 6.07) is 0.494. The van der Waals surface area contributed by atoms with Crippen molar-refractivity contribution in [1.29, 1.82) is 0 Å². The number of nitrogens with one attached hydrogen (secondary N) is 1. The fourth-order valence-corrected chi connectivity index (χ4v) is 3.10. The van der Waals surface area contributed by atoms with Crippen molar-refractivity contribution in [2.45, 2.75) is 44.6 Å². The van der Waals surface area contributed by atoms with Gasteiger partial charge in [0.15, 0.2) is 0 Å². The van der Waals surface area contributed by atoms with Crippen molar-refractivity contribution in [3.8, 4) is 0 Å². The van der Waals surface area contributed by atoms with Crippen molar-refractivity contribution in [3.63, 3.8) is 0 Å². The van der Waals surface area contributed by atoms with E-state index in [-0.39, 0.29) is 0 Å². The zero-order valence-corrected chi connectivity index (χ0v) is 8.54. The van der Waals surface area contributed by atoms with Gasteiger partial charge in [0.2, 0.25) is 0 Å². The van der Waals surface area contributed by atoms with Gasteiger partial charge in [0, 0.05) is 12.5 Å². The average molecular weight is 197 g/mol. The van der Waals surface area contributed by atoms with E-state index >= 15 is 0 Å². The van der Waals surface area contributed by atoms with Gasteiger partial charge in [-0.05, 0) is 37.6 Å². The molecule has 2 N–H and O–H groups in total. The molecule has 0 aromatic heterocycles. The Kier molecular flexibility index (Phi) is 3.06. The van der Waals surface area contributed by atoms with Crippen LogP contribution in [0.3, 0.4) is 0 Å². The maximum absolute atomic E-state index is 10.7. The third-order valence-electron chi connectivity index (χ3n) is 3.75. The molecule has 1 aliphatic heterocycles. The number of hydrogen-bond acceptors (Lipinski definition) is 2. The van der Waals surface area contributed by atoms with Gasteiger partial charge >= 0.3 is 5.97 Å². The van der Waals surface area contributed by atoms with Crippen LogP contribution in [0.2, 0.25) is 0 Å². The van der Waals surface area contributed by atoms with Crippen LogP contribution in [0.25, 0.3) is 0 Å². The Balaban J connectivity index is 1.92. The van der Waals surface area contributed by atoms with Crippen LogP contribution >= 0.6 is 0 Å². The summed E-state index contributed by atoms with van der Waals surface area (Å²) in [6.45, 7) is 1.01. The molecule has 2 fully saturated rings. The lowest BCUT2D eigenvalue weighted by molar-refractivity contribution is -0.138. The van der Waals surface area contributed by atoms with Crippen molar-refractivity contribution in [3.05, 3.63) is 0 Å². The first kappa shape index (κ1) is 9.97. The summed E-state index contributed by atoms with van der Waals surface area (Å²) in [5.74, 6) is 0.499. The predicted octanol–water partition coefficient (Wildman–Crippen LogP) is 1.63. The molecule has 80 valence electrons. The third-order valence-corrected chi connectivity index (χ3v) is 3.75. The summed E-state index contributed by atoms with van der Waals surface area (Å²) < 4.78 is 0. The van der Waals surface area contributed by atoms with Crippen molar-refractivity contribution < 1.29 is 9.90 Å². The quantitative estimate of drug-likeness (QED) is 0.723. The second-order valence-corrected chi connectivity index (χ2v) is 4.67. The summed E-state index contributed by atoms with van der Waals surface area (Å²) in [7, 11) is 0. The minimum atomic E-state index is -0.637. The molecular formula is C11H19NO2. The average Bonchev–Trinajstić information content (AvgIpc) is 2.70. The van der Waals surface area contributed by atoms with E-state index in [1.54, 1.807) is 0 Å². The van der Waals surface area contributed by atoms with Gasteiger partial charge in [-0.15, -0.1) is 0 Å². The van der Waals surface area contributed by atoms with Crippen LogP contribution in [0.4, 0.5) is 0 Å². The lowest BCUT2D eigenvalue weighted by atomic mass is 9.86. The lowest BCUT2D eigenvalue weighted by Gasteiger charge is -2.24. The minimum Gasteiger partial charge on any atom is -0.481 e. The molecular weight excluding hydrogens is 178 g/mol. The van der Waals surface area contributed by atoms with Crippen LogP contribution in [-0.2, 0) is 4.79 Å². The maximum Gasteiger partial charge on any atom is 0.303 e. The van der Waals surface area contributed by atoms with E-state index in [2.05, 4.69) is 5.32 Å². The van der Waals surface area contributed by atoms with Crippen LogP contribution < -0.4 is 5.32 Å². The molecule has 2 aliphatic rings. The Morgan fingerprint density at radius 1 is 1.29 bits per heavy atom. The number of carboxylic acid groups (broad SMARTS) is 1. The van der Waals surface area contributed by atoms with Gasteiger partial charge in [0.05, 0.1) is 0 Å². The number of carbonyl (C=O) groups is 1. The molecule has 2 atom stereocenters. The van der Waals surface area contributed by atoms with E-state index in [0.29, 0.717) is 18.4 Å². The lowest BCUT2D eigenvalue weighted by Crippen LogP contribution is -2.34. The highest BCUT2D eigenvalue weighted by Crippen LogP contribution is 2.35. The van der Waals surface area contributed by atoms with Gasteiger partial charge in [-0.1, -0.05) is 12.8 Å². The van der Waals surface area contributed by atoms with Crippen molar-refractivity contribution in [2.75, 3.05) is 6.54 Å². The van der Waals surface area contributed by atoms with Crippen LogP contribution in [0.5, 0.6) is 0 Å². The van der Waals surface area contributed by atoms with Gasteiger partial charge in [0.1, 0.15) is 0 Å². The van der Waals surface area contributed by atoms with Gasteiger partial charge in [-0.2, -0.15) is 0 Å². The SMILES string of the molecule is O=C(O)CC1CCNC1C1CCCC1. The van der Waals surface area contributed by atoms with Crippen LogP contribution in [0, 0.1) is 11.8 Å². The van der Waals surface area contributed by atoms with Crippen LogP contribution in [0.1, 0.15) is 38.5 Å². The molecule has 1 heterocycles. The molecule has 14 heavy (non-hydrogen) atoms. The van der Waals surface area contributed by atoms with E-state index in [0.717, 1.165) is 18.9 Å². The molecule has 0 aromatic carbocycles. The summed E-state index contributed by atoms with van der Waals surface area (Å²) in [6.07, 6.45) is 6.68. The molecule has 2 unspecified atom stereocenters. The van der Waals surface area contributed by atoms with Crippen molar-refractivity contribution >= 4 is 5.97 Å². The first-order chi connectivity index (χ1) is 6.77. The molecule has 0 spiro atoms. The summed E-state index contributed by atoms with van der Waals surface area (Å²) >= 11 is 0. The first-order valence-electron chi connectivity index (χ1n) is 5.72.